The lowest BCUT2D eigenvalue weighted by Crippen LogP contribution is -2.41. The fourth-order valence-electron chi connectivity index (χ4n) is 4.46. The van der Waals surface area contributed by atoms with E-state index in [1.54, 1.807) is 0 Å². The summed E-state index contributed by atoms with van der Waals surface area (Å²) in [6.45, 7) is 2.77. The first-order valence-corrected chi connectivity index (χ1v) is 7.78. The number of fused-ring (bicyclic) bond motifs is 1. The highest BCUT2D eigenvalue weighted by atomic mass is 16.2. The van der Waals surface area contributed by atoms with Gasteiger partial charge < -0.3 is 10.6 Å². The van der Waals surface area contributed by atoms with Crippen molar-refractivity contribution in [1.29, 1.82) is 0 Å². The molecular weight excluding hydrogens is 224 g/mol. The van der Waals surface area contributed by atoms with Crippen molar-refractivity contribution < 1.29 is 4.79 Å². The lowest BCUT2D eigenvalue weighted by Gasteiger charge is -2.33. The molecule has 1 aliphatic heterocycles. The maximum atomic E-state index is 12.7. The number of nitrogens with zero attached hydrogens (tertiary/aromatic N) is 1. The predicted molar refractivity (Wildman–Crippen MR) is 71.9 cm³/mol. The van der Waals surface area contributed by atoms with Crippen LogP contribution >= 0.6 is 0 Å². The number of hydrogen-bond acceptors (Lipinski definition) is 2. The fraction of sp³-hybridized carbons (Fsp3) is 0.933. The summed E-state index contributed by atoms with van der Waals surface area (Å²) in [5.41, 5.74) is 5.85. The molecule has 3 fully saturated rings. The van der Waals surface area contributed by atoms with Gasteiger partial charge in [0.2, 0.25) is 5.91 Å². The van der Waals surface area contributed by atoms with Crippen molar-refractivity contribution in [3.63, 3.8) is 0 Å². The highest BCUT2D eigenvalue weighted by Gasteiger charge is 2.41. The monoisotopic (exact) mass is 250 g/mol. The molecule has 2 aliphatic carbocycles. The molecule has 3 aliphatic rings. The zero-order valence-corrected chi connectivity index (χ0v) is 11.3. The van der Waals surface area contributed by atoms with Gasteiger partial charge >= 0.3 is 0 Å². The fourth-order valence-corrected chi connectivity index (χ4v) is 4.46. The second-order valence-electron chi connectivity index (χ2n) is 6.58. The van der Waals surface area contributed by atoms with E-state index in [2.05, 4.69) is 4.90 Å². The number of hydrogen-bond donors (Lipinski definition) is 1. The van der Waals surface area contributed by atoms with E-state index in [0.29, 0.717) is 18.4 Å². The molecule has 1 heterocycles. The molecule has 3 rings (SSSR count). The minimum atomic E-state index is 0.238. The molecular formula is C15H26N2O. The van der Waals surface area contributed by atoms with Crippen LogP contribution in [0.4, 0.5) is 0 Å². The number of amides is 1. The standard InChI is InChI=1S/C15H26N2O/c16-8-11-4-1-2-7-14(11)15(18)17-9-12-5-3-6-13(12)10-17/h11-14H,1-10,16H2. The maximum absolute atomic E-state index is 12.7. The molecule has 1 amide bonds. The Bertz CT molecular complexity index is 306. The Kier molecular flexibility index (Phi) is 3.60. The van der Waals surface area contributed by atoms with E-state index >= 15 is 0 Å². The molecule has 0 aromatic carbocycles. The molecule has 0 radical (unpaired) electrons. The van der Waals surface area contributed by atoms with Gasteiger partial charge in [0.05, 0.1) is 0 Å². The third-order valence-corrected chi connectivity index (χ3v) is 5.57. The summed E-state index contributed by atoms with van der Waals surface area (Å²) < 4.78 is 0. The van der Waals surface area contributed by atoms with Crippen LogP contribution in [0.15, 0.2) is 0 Å². The van der Waals surface area contributed by atoms with Gasteiger partial charge in [0, 0.05) is 19.0 Å². The van der Waals surface area contributed by atoms with E-state index in [0.717, 1.165) is 37.8 Å². The van der Waals surface area contributed by atoms with E-state index in [9.17, 15) is 4.79 Å². The van der Waals surface area contributed by atoms with E-state index in [-0.39, 0.29) is 5.92 Å². The summed E-state index contributed by atoms with van der Waals surface area (Å²) in [4.78, 5) is 14.8. The van der Waals surface area contributed by atoms with Crippen LogP contribution < -0.4 is 5.73 Å². The summed E-state index contributed by atoms with van der Waals surface area (Å²) in [7, 11) is 0. The van der Waals surface area contributed by atoms with Gasteiger partial charge in [-0.25, -0.2) is 0 Å². The molecule has 3 heteroatoms. The molecule has 102 valence electrons. The predicted octanol–water partition coefficient (Wildman–Crippen LogP) is 2.01. The molecule has 3 nitrogen and oxygen atoms in total. The lowest BCUT2D eigenvalue weighted by atomic mass is 9.78. The van der Waals surface area contributed by atoms with Crippen LogP contribution in [0, 0.1) is 23.7 Å². The van der Waals surface area contributed by atoms with Crippen molar-refractivity contribution in [3.8, 4) is 0 Å². The Morgan fingerprint density at radius 2 is 1.67 bits per heavy atom. The van der Waals surface area contributed by atoms with Gasteiger partial charge in [-0.1, -0.05) is 19.3 Å². The highest BCUT2D eigenvalue weighted by Crippen LogP contribution is 2.39. The van der Waals surface area contributed by atoms with E-state index < -0.39 is 0 Å². The van der Waals surface area contributed by atoms with Gasteiger partial charge in [-0.3, -0.25) is 4.79 Å². The van der Waals surface area contributed by atoms with Crippen molar-refractivity contribution in [3.05, 3.63) is 0 Å². The van der Waals surface area contributed by atoms with Gasteiger partial charge in [-0.05, 0) is 50.0 Å². The van der Waals surface area contributed by atoms with Gasteiger partial charge in [0.25, 0.3) is 0 Å². The lowest BCUT2D eigenvalue weighted by molar-refractivity contribution is -0.137. The third kappa shape index (κ3) is 2.18. The topological polar surface area (TPSA) is 46.3 Å². The van der Waals surface area contributed by atoms with Crippen molar-refractivity contribution >= 4 is 5.91 Å². The van der Waals surface area contributed by atoms with E-state index in [1.165, 1.54) is 32.1 Å². The van der Waals surface area contributed by atoms with Crippen LogP contribution in [0.5, 0.6) is 0 Å². The molecule has 4 atom stereocenters. The number of likely N-dealkylation sites (tertiary alicyclic amines) is 1. The van der Waals surface area contributed by atoms with Crippen LogP contribution in [0.25, 0.3) is 0 Å². The Balaban J connectivity index is 1.63. The summed E-state index contributed by atoms with van der Waals surface area (Å²) in [6, 6.07) is 0. The van der Waals surface area contributed by atoms with Crippen molar-refractivity contribution in [2.75, 3.05) is 19.6 Å². The Hall–Kier alpha value is -0.570. The van der Waals surface area contributed by atoms with Crippen LogP contribution in [-0.4, -0.2) is 30.4 Å². The molecule has 0 bridgehead atoms. The quantitative estimate of drug-likeness (QED) is 0.815. The molecule has 0 spiro atoms. The first-order valence-electron chi connectivity index (χ1n) is 7.78. The SMILES string of the molecule is NCC1CCCCC1C(=O)N1CC2CCCC2C1. The minimum Gasteiger partial charge on any atom is -0.342 e. The van der Waals surface area contributed by atoms with Crippen molar-refractivity contribution in [2.24, 2.45) is 29.4 Å². The highest BCUT2D eigenvalue weighted by molar-refractivity contribution is 5.79. The van der Waals surface area contributed by atoms with Crippen LogP contribution in [-0.2, 0) is 4.79 Å². The largest absolute Gasteiger partial charge is 0.342 e. The van der Waals surface area contributed by atoms with Gasteiger partial charge in [0.15, 0.2) is 0 Å². The summed E-state index contributed by atoms with van der Waals surface area (Å²) >= 11 is 0. The minimum absolute atomic E-state index is 0.238. The first-order chi connectivity index (χ1) is 8.79. The van der Waals surface area contributed by atoms with Gasteiger partial charge in [-0.15, -0.1) is 0 Å². The number of carbonyl (C=O) groups is 1. The normalized spacial score (nSPS) is 39.9. The average molecular weight is 250 g/mol. The molecule has 4 unspecified atom stereocenters. The summed E-state index contributed by atoms with van der Waals surface area (Å²) in [5, 5.41) is 0. The molecule has 18 heavy (non-hydrogen) atoms. The zero-order chi connectivity index (χ0) is 12.5. The van der Waals surface area contributed by atoms with Gasteiger partial charge in [-0.2, -0.15) is 0 Å². The smallest absolute Gasteiger partial charge is 0.226 e. The van der Waals surface area contributed by atoms with Crippen molar-refractivity contribution in [2.45, 2.75) is 44.9 Å². The average Bonchev–Trinajstić information content (AvgIpc) is 2.98. The third-order valence-electron chi connectivity index (χ3n) is 5.57. The van der Waals surface area contributed by atoms with E-state index in [1.807, 2.05) is 0 Å². The van der Waals surface area contributed by atoms with Crippen LogP contribution in [0.3, 0.4) is 0 Å². The van der Waals surface area contributed by atoms with E-state index in [4.69, 9.17) is 5.73 Å². The van der Waals surface area contributed by atoms with Crippen LogP contribution in [0.2, 0.25) is 0 Å². The Labute approximate surface area is 110 Å². The molecule has 1 saturated heterocycles. The molecule has 2 saturated carbocycles. The second-order valence-corrected chi connectivity index (χ2v) is 6.58. The molecule has 0 aromatic heterocycles. The molecule has 2 N–H and O–H groups in total. The maximum Gasteiger partial charge on any atom is 0.226 e. The zero-order valence-electron chi connectivity index (χ0n) is 11.3. The summed E-state index contributed by atoms with van der Waals surface area (Å²) in [6.07, 6.45) is 8.79. The Morgan fingerprint density at radius 3 is 2.33 bits per heavy atom. The van der Waals surface area contributed by atoms with Crippen LogP contribution in [0.1, 0.15) is 44.9 Å². The second kappa shape index (κ2) is 5.20. The first kappa shape index (κ1) is 12.5. The summed E-state index contributed by atoms with van der Waals surface area (Å²) in [5.74, 6) is 2.75. The number of nitrogens with two attached hydrogens (primary N) is 1. The van der Waals surface area contributed by atoms with Gasteiger partial charge in [0.1, 0.15) is 0 Å². The number of carbonyl (C=O) groups excluding carboxylic acids is 1. The number of rotatable bonds is 2. The Morgan fingerprint density at radius 1 is 1.00 bits per heavy atom. The van der Waals surface area contributed by atoms with Crippen molar-refractivity contribution in [1.82, 2.24) is 4.90 Å². The molecule has 0 aromatic rings.